The summed E-state index contributed by atoms with van der Waals surface area (Å²) in [7, 11) is 0. The summed E-state index contributed by atoms with van der Waals surface area (Å²) in [5, 5.41) is 4.37. The monoisotopic (exact) mass is 282 g/mol. The average molecular weight is 283 g/mol. The Morgan fingerprint density at radius 1 is 1.11 bits per heavy atom. The number of benzene rings is 1. The van der Waals surface area contributed by atoms with Crippen molar-refractivity contribution < 1.29 is 0 Å². The van der Waals surface area contributed by atoms with Crippen molar-refractivity contribution in [1.29, 1.82) is 0 Å². The second kappa shape index (κ2) is 5.42. The number of hydrogen-bond donors (Lipinski definition) is 2. The van der Waals surface area contributed by atoms with Gasteiger partial charge in [-0.15, -0.1) is 0 Å². The third-order valence-corrected chi connectivity index (χ3v) is 2.70. The number of nitrogens with zero attached hydrogens (tertiary/aromatic N) is 2. The SMILES string of the molecule is Cc1cc(NCc2cc(Cl)cc(Cl)c2)nc(N)n1. The van der Waals surface area contributed by atoms with Crippen LogP contribution in [0.5, 0.6) is 0 Å². The van der Waals surface area contributed by atoms with Crippen molar-refractivity contribution in [2.24, 2.45) is 0 Å². The van der Waals surface area contributed by atoms with Gasteiger partial charge in [-0.3, -0.25) is 0 Å². The van der Waals surface area contributed by atoms with Crippen LogP contribution in [0.4, 0.5) is 11.8 Å². The van der Waals surface area contributed by atoms with E-state index < -0.39 is 0 Å². The van der Waals surface area contributed by atoms with Crippen LogP contribution in [0.1, 0.15) is 11.3 Å². The van der Waals surface area contributed by atoms with E-state index in [1.165, 1.54) is 0 Å². The lowest BCUT2D eigenvalue weighted by Gasteiger charge is -2.07. The van der Waals surface area contributed by atoms with Crippen LogP contribution < -0.4 is 11.1 Å². The Morgan fingerprint density at radius 3 is 2.39 bits per heavy atom. The van der Waals surface area contributed by atoms with Crippen LogP contribution in [0, 0.1) is 6.92 Å². The maximum absolute atomic E-state index is 5.92. The summed E-state index contributed by atoms with van der Waals surface area (Å²) >= 11 is 11.8. The van der Waals surface area contributed by atoms with Crippen LogP contribution in [-0.2, 0) is 6.54 Å². The predicted molar refractivity (Wildman–Crippen MR) is 75.0 cm³/mol. The molecule has 0 unspecified atom stereocenters. The summed E-state index contributed by atoms with van der Waals surface area (Å²) in [6, 6.07) is 7.21. The first-order chi connectivity index (χ1) is 8.52. The Bertz CT molecular complexity index is 480. The Kier molecular flexibility index (Phi) is 3.89. The third-order valence-electron chi connectivity index (χ3n) is 2.27. The fourth-order valence-electron chi connectivity index (χ4n) is 1.59. The highest BCUT2D eigenvalue weighted by Gasteiger charge is 2.01. The quantitative estimate of drug-likeness (QED) is 0.907. The molecule has 2 rings (SSSR count). The van der Waals surface area contributed by atoms with Crippen molar-refractivity contribution in [1.82, 2.24) is 9.97 Å². The highest BCUT2D eigenvalue weighted by Crippen LogP contribution is 2.19. The van der Waals surface area contributed by atoms with E-state index in [4.69, 9.17) is 28.9 Å². The summed E-state index contributed by atoms with van der Waals surface area (Å²) in [4.78, 5) is 8.09. The molecule has 1 aromatic carbocycles. The number of halogens is 2. The van der Waals surface area contributed by atoms with E-state index in [2.05, 4.69) is 15.3 Å². The van der Waals surface area contributed by atoms with Crippen molar-refractivity contribution in [2.45, 2.75) is 13.5 Å². The Morgan fingerprint density at radius 2 is 1.78 bits per heavy atom. The summed E-state index contributed by atoms with van der Waals surface area (Å²) in [5.41, 5.74) is 7.36. The second-order valence-electron chi connectivity index (χ2n) is 3.88. The highest BCUT2D eigenvalue weighted by atomic mass is 35.5. The van der Waals surface area contributed by atoms with E-state index in [1.54, 1.807) is 6.07 Å². The van der Waals surface area contributed by atoms with Gasteiger partial charge in [0, 0.05) is 28.4 Å². The summed E-state index contributed by atoms with van der Waals surface area (Å²) in [6.45, 7) is 2.43. The predicted octanol–water partition coefficient (Wildman–Crippen LogP) is 3.29. The van der Waals surface area contributed by atoms with Gasteiger partial charge in [0.2, 0.25) is 5.95 Å². The number of nitrogens with two attached hydrogens (primary N) is 1. The van der Waals surface area contributed by atoms with Crippen molar-refractivity contribution in [3.8, 4) is 0 Å². The number of anilines is 2. The molecular formula is C12H12Cl2N4. The fraction of sp³-hybridized carbons (Fsp3) is 0.167. The number of hydrogen-bond acceptors (Lipinski definition) is 4. The van der Waals surface area contributed by atoms with E-state index in [0.717, 1.165) is 11.3 Å². The minimum atomic E-state index is 0.252. The molecule has 2 aromatic rings. The normalized spacial score (nSPS) is 10.4. The standard InChI is InChI=1S/C12H12Cl2N4/c1-7-2-11(18-12(15)17-7)16-6-8-3-9(13)5-10(14)4-8/h2-5H,6H2,1H3,(H3,15,16,17,18). The molecule has 94 valence electrons. The third kappa shape index (κ3) is 3.48. The number of nitrogens with one attached hydrogen (secondary N) is 1. The summed E-state index contributed by atoms with van der Waals surface area (Å²) in [5.74, 6) is 0.928. The maximum Gasteiger partial charge on any atom is 0.222 e. The first-order valence-corrected chi connectivity index (χ1v) is 6.08. The average Bonchev–Trinajstić information content (AvgIpc) is 2.23. The first-order valence-electron chi connectivity index (χ1n) is 5.33. The van der Waals surface area contributed by atoms with E-state index in [1.807, 2.05) is 25.1 Å². The second-order valence-corrected chi connectivity index (χ2v) is 4.76. The van der Waals surface area contributed by atoms with Crippen LogP contribution >= 0.6 is 23.2 Å². The number of aromatic nitrogens is 2. The maximum atomic E-state index is 5.92. The van der Waals surface area contributed by atoms with Gasteiger partial charge in [0.05, 0.1) is 0 Å². The molecule has 0 fully saturated rings. The molecule has 0 saturated carbocycles. The zero-order valence-electron chi connectivity index (χ0n) is 9.74. The molecule has 0 amide bonds. The Balaban J connectivity index is 2.11. The molecule has 0 aliphatic rings. The highest BCUT2D eigenvalue weighted by molar-refractivity contribution is 6.34. The molecule has 3 N–H and O–H groups in total. The van der Waals surface area contributed by atoms with Crippen LogP contribution in [-0.4, -0.2) is 9.97 Å². The lowest BCUT2D eigenvalue weighted by atomic mass is 10.2. The smallest absolute Gasteiger partial charge is 0.222 e. The number of rotatable bonds is 3. The van der Waals surface area contributed by atoms with Crippen LogP contribution in [0.2, 0.25) is 10.0 Å². The molecule has 0 aliphatic carbocycles. The number of aryl methyl sites for hydroxylation is 1. The number of nitrogen functional groups attached to an aromatic ring is 1. The molecule has 0 saturated heterocycles. The largest absolute Gasteiger partial charge is 0.368 e. The Hall–Kier alpha value is -1.52. The van der Waals surface area contributed by atoms with Gasteiger partial charge >= 0.3 is 0 Å². The molecule has 6 heteroatoms. The van der Waals surface area contributed by atoms with Crippen molar-refractivity contribution >= 4 is 35.0 Å². The molecular weight excluding hydrogens is 271 g/mol. The van der Waals surface area contributed by atoms with Crippen LogP contribution in [0.25, 0.3) is 0 Å². The first kappa shape index (κ1) is 12.9. The molecule has 0 atom stereocenters. The van der Waals surface area contributed by atoms with E-state index in [9.17, 15) is 0 Å². The van der Waals surface area contributed by atoms with Gasteiger partial charge in [-0.25, -0.2) is 4.98 Å². The lowest BCUT2D eigenvalue weighted by Crippen LogP contribution is -2.05. The van der Waals surface area contributed by atoms with Gasteiger partial charge in [0.1, 0.15) is 5.82 Å². The van der Waals surface area contributed by atoms with Crippen molar-refractivity contribution in [3.63, 3.8) is 0 Å². The van der Waals surface area contributed by atoms with Gasteiger partial charge in [0.15, 0.2) is 0 Å². The topological polar surface area (TPSA) is 63.8 Å². The lowest BCUT2D eigenvalue weighted by molar-refractivity contribution is 1.06. The zero-order valence-corrected chi connectivity index (χ0v) is 11.3. The minimum absolute atomic E-state index is 0.252. The van der Waals surface area contributed by atoms with Crippen molar-refractivity contribution in [3.05, 3.63) is 45.6 Å². The summed E-state index contributed by atoms with van der Waals surface area (Å²) < 4.78 is 0. The fourth-order valence-corrected chi connectivity index (χ4v) is 2.16. The molecule has 1 heterocycles. The molecule has 1 aromatic heterocycles. The molecule has 0 aliphatic heterocycles. The summed E-state index contributed by atoms with van der Waals surface area (Å²) in [6.07, 6.45) is 0. The Labute approximate surface area is 115 Å². The van der Waals surface area contributed by atoms with E-state index in [-0.39, 0.29) is 5.95 Å². The van der Waals surface area contributed by atoms with Gasteiger partial charge in [-0.1, -0.05) is 23.2 Å². The van der Waals surface area contributed by atoms with Gasteiger partial charge in [-0.2, -0.15) is 4.98 Å². The van der Waals surface area contributed by atoms with Crippen LogP contribution in [0.15, 0.2) is 24.3 Å². The van der Waals surface area contributed by atoms with Gasteiger partial charge in [-0.05, 0) is 30.7 Å². The molecule has 4 nitrogen and oxygen atoms in total. The van der Waals surface area contributed by atoms with Crippen LogP contribution in [0.3, 0.4) is 0 Å². The van der Waals surface area contributed by atoms with Crippen molar-refractivity contribution in [2.75, 3.05) is 11.1 Å². The van der Waals surface area contributed by atoms with Gasteiger partial charge in [0.25, 0.3) is 0 Å². The van der Waals surface area contributed by atoms with E-state index in [0.29, 0.717) is 22.4 Å². The van der Waals surface area contributed by atoms with Gasteiger partial charge < -0.3 is 11.1 Å². The van der Waals surface area contributed by atoms with E-state index >= 15 is 0 Å². The molecule has 0 spiro atoms. The molecule has 0 bridgehead atoms. The molecule has 18 heavy (non-hydrogen) atoms. The zero-order chi connectivity index (χ0) is 13.1. The minimum Gasteiger partial charge on any atom is -0.368 e. The molecule has 0 radical (unpaired) electrons.